The number of phenols is 1. The third kappa shape index (κ3) is 10.1. The lowest BCUT2D eigenvalue weighted by Crippen LogP contribution is -2.35. The van der Waals surface area contributed by atoms with Gasteiger partial charge in [-0.2, -0.15) is 13.2 Å². The first kappa shape index (κ1) is 40.4. The number of nitrogens with zero attached hydrogens (tertiary/aromatic N) is 1. The van der Waals surface area contributed by atoms with Crippen molar-refractivity contribution in [2.45, 2.75) is 45.2 Å². The summed E-state index contributed by atoms with van der Waals surface area (Å²) in [5.74, 6) is -4.31. The molecule has 18 heteroatoms. The SMILES string of the molecule is CC1(C(=O)Nc2ccc(O)c(Cl)c2Cl)CCCCC1.O=C(NC(=O)c1c(F)cccc1F)Nc1ccc(Cl)c(Oc2ncc(C(F)(F)F)cc2Cl)c1. The zero-order valence-corrected chi connectivity index (χ0v) is 29.8. The molecule has 1 heterocycles. The maximum atomic E-state index is 13.7. The number of amides is 4. The van der Waals surface area contributed by atoms with Gasteiger partial charge >= 0.3 is 12.2 Å². The average molecular weight is 808 g/mol. The van der Waals surface area contributed by atoms with Gasteiger partial charge in [0.15, 0.2) is 0 Å². The van der Waals surface area contributed by atoms with Crippen molar-refractivity contribution >= 4 is 75.6 Å². The number of rotatable bonds is 6. The van der Waals surface area contributed by atoms with Crippen molar-refractivity contribution in [3.8, 4) is 17.4 Å². The Hall–Kier alpha value is -4.37. The highest BCUT2D eigenvalue weighted by molar-refractivity contribution is 6.44. The summed E-state index contributed by atoms with van der Waals surface area (Å²) in [7, 11) is 0. The van der Waals surface area contributed by atoms with Crippen LogP contribution in [0.5, 0.6) is 17.4 Å². The summed E-state index contributed by atoms with van der Waals surface area (Å²) in [5, 5.41) is 16.0. The predicted molar refractivity (Wildman–Crippen MR) is 187 cm³/mol. The Kier molecular flexibility index (Phi) is 13.2. The van der Waals surface area contributed by atoms with Gasteiger partial charge in [0, 0.05) is 23.4 Å². The molecule has 0 atom stereocenters. The number of pyridine rings is 1. The Morgan fingerprint density at radius 3 is 2.13 bits per heavy atom. The molecule has 3 aromatic carbocycles. The van der Waals surface area contributed by atoms with E-state index >= 15 is 0 Å². The topological polar surface area (TPSA) is 130 Å². The number of alkyl halides is 3. The second-order valence-electron chi connectivity index (χ2n) is 11.6. The molecule has 0 radical (unpaired) electrons. The summed E-state index contributed by atoms with van der Waals surface area (Å²) in [6.45, 7) is 1.98. The number of phenolic OH excluding ortho intramolecular Hbond substituents is 1. The van der Waals surface area contributed by atoms with Crippen LogP contribution >= 0.6 is 46.4 Å². The van der Waals surface area contributed by atoms with Gasteiger partial charge < -0.3 is 20.5 Å². The van der Waals surface area contributed by atoms with Crippen LogP contribution in [0.2, 0.25) is 20.1 Å². The molecule has 9 nitrogen and oxygen atoms in total. The van der Waals surface area contributed by atoms with Crippen LogP contribution in [0.25, 0.3) is 0 Å². The third-order valence-corrected chi connectivity index (χ3v) is 9.22. The number of anilines is 2. The summed E-state index contributed by atoms with van der Waals surface area (Å²) in [5.41, 5.74) is -1.92. The van der Waals surface area contributed by atoms with Crippen LogP contribution in [0.4, 0.5) is 38.1 Å². The lowest BCUT2D eigenvalue weighted by molar-refractivity contribution is -0.137. The number of aromatic nitrogens is 1. The maximum Gasteiger partial charge on any atom is 0.417 e. The number of hydrogen-bond acceptors (Lipinski definition) is 6. The number of imide groups is 1. The van der Waals surface area contributed by atoms with Crippen LogP contribution in [-0.4, -0.2) is 27.9 Å². The van der Waals surface area contributed by atoms with Crippen LogP contribution in [-0.2, 0) is 11.0 Å². The fourth-order valence-electron chi connectivity index (χ4n) is 4.93. The number of carbonyl (C=O) groups is 3. The average Bonchev–Trinajstić information content (AvgIpc) is 3.07. The molecule has 0 spiro atoms. The van der Waals surface area contributed by atoms with Gasteiger partial charge in [-0.05, 0) is 55.3 Å². The minimum absolute atomic E-state index is 0.0109. The van der Waals surface area contributed by atoms with Gasteiger partial charge in [-0.15, -0.1) is 0 Å². The Labute approximate surface area is 313 Å². The molecule has 1 saturated carbocycles. The van der Waals surface area contributed by atoms with E-state index in [0.29, 0.717) is 18.0 Å². The third-order valence-electron chi connectivity index (χ3n) is 7.76. The summed E-state index contributed by atoms with van der Waals surface area (Å²) in [4.78, 5) is 39.9. The molecular weight excluding hydrogens is 781 g/mol. The largest absolute Gasteiger partial charge is 0.506 e. The fraction of sp³-hybridized carbons (Fsp3) is 0.235. The van der Waals surface area contributed by atoms with Gasteiger partial charge in [-0.25, -0.2) is 18.6 Å². The molecular formula is C34H27Cl4F5N4O5. The lowest BCUT2D eigenvalue weighted by atomic mass is 9.75. The van der Waals surface area contributed by atoms with E-state index < -0.39 is 51.8 Å². The van der Waals surface area contributed by atoms with E-state index in [2.05, 4.69) is 15.6 Å². The van der Waals surface area contributed by atoms with Crippen molar-refractivity contribution in [2.75, 3.05) is 10.6 Å². The quantitative estimate of drug-likeness (QED) is 0.113. The second kappa shape index (κ2) is 17.0. The molecule has 4 aromatic rings. The first-order valence-electron chi connectivity index (χ1n) is 15.1. The number of halogens is 9. The molecule has 52 heavy (non-hydrogen) atoms. The zero-order valence-electron chi connectivity index (χ0n) is 26.7. The van der Waals surface area contributed by atoms with Gasteiger partial charge in [0.05, 0.1) is 21.3 Å². The maximum absolute atomic E-state index is 13.7. The Balaban J connectivity index is 0.000000269. The first-order chi connectivity index (χ1) is 24.4. The standard InChI is InChI=1S/C20H10Cl2F5N3O3.C14H17Cl2NO2/c21-11-5-4-10(29-19(32)30-17(31)16-13(23)2-1-3-14(16)24)7-15(11)33-18-12(22)6-9(8-28-18)20(25,26)27;1-14(7-3-2-4-8-14)13(19)17-9-5-6-10(18)12(16)11(9)15/h1-8H,(H2,29,30,31,32);5-6,18H,2-4,7-8H2,1H3,(H,17,19). The lowest BCUT2D eigenvalue weighted by Gasteiger charge is -2.32. The Morgan fingerprint density at radius 2 is 1.52 bits per heavy atom. The van der Waals surface area contributed by atoms with Gasteiger partial charge in [0.1, 0.15) is 38.7 Å². The fourth-order valence-corrected chi connectivity index (χ4v) is 5.66. The van der Waals surface area contributed by atoms with Crippen LogP contribution in [0, 0.1) is 17.0 Å². The molecule has 1 aliphatic carbocycles. The van der Waals surface area contributed by atoms with Crippen molar-refractivity contribution in [3.63, 3.8) is 0 Å². The molecule has 1 fully saturated rings. The van der Waals surface area contributed by atoms with Crippen molar-refractivity contribution in [2.24, 2.45) is 5.41 Å². The molecule has 0 saturated heterocycles. The Morgan fingerprint density at radius 1 is 0.865 bits per heavy atom. The number of aromatic hydroxyl groups is 1. The first-order valence-corrected chi connectivity index (χ1v) is 16.7. The molecule has 4 amide bonds. The van der Waals surface area contributed by atoms with Gasteiger partial charge in [-0.3, -0.25) is 14.9 Å². The van der Waals surface area contributed by atoms with E-state index in [1.807, 2.05) is 6.92 Å². The number of benzene rings is 3. The van der Waals surface area contributed by atoms with Crippen molar-refractivity contribution < 1.29 is 46.2 Å². The number of urea groups is 1. The highest BCUT2D eigenvalue weighted by Gasteiger charge is 2.35. The van der Waals surface area contributed by atoms with E-state index in [1.54, 1.807) is 11.4 Å². The summed E-state index contributed by atoms with van der Waals surface area (Å²) >= 11 is 23.7. The van der Waals surface area contributed by atoms with Crippen LogP contribution in [0.15, 0.2) is 60.8 Å². The zero-order chi connectivity index (χ0) is 38.4. The molecule has 276 valence electrons. The number of hydrogen-bond donors (Lipinski definition) is 4. The van der Waals surface area contributed by atoms with E-state index in [4.69, 9.17) is 51.1 Å². The summed E-state index contributed by atoms with van der Waals surface area (Å²) in [6.07, 6.45) is 0.978. The molecule has 4 N–H and O–H groups in total. The minimum atomic E-state index is -4.66. The van der Waals surface area contributed by atoms with Crippen molar-refractivity contribution in [1.29, 1.82) is 0 Å². The van der Waals surface area contributed by atoms with Crippen LogP contribution in [0.3, 0.4) is 0 Å². The predicted octanol–water partition coefficient (Wildman–Crippen LogP) is 11.0. The highest BCUT2D eigenvalue weighted by Crippen LogP contribution is 2.41. The van der Waals surface area contributed by atoms with E-state index in [9.17, 15) is 41.4 Å². The normalized spacial score (nSPS) is 13.7. The molecule has 0 unspecified atom stereocenters. The van der Waals surface area contributed by atoms with Crippen molar-refractivity contribution in [3.05, 3.63) is 104 Å². The molecule has 1 aliphatic rings. The molecule has 0 bridgehead atoms. The van der Waals surface area contributed by atoms with Crippen LogP contribution < -0.4 is 20.7 Å². The smallest absolute Gasteiger partial charge is 0.417 e. The minimum Gasteiger partial charge on any atom is -0.506 e. The van der Waals surface area contributed by atoms with E-state index in [1.165, 1.54) is 24.6 Å². The highest BCUT2D eigenvalue weighted by atomic mass is 35.5. The number of ether oxygens (including phenoxy) is 1. The van der Waals surface area contributed by atoms with Crippen LogP contribution in [0.1, 0.15) is 54.9 Å². The van der Waals surface area contributed by atoms with Crippen molar-refractivity contribution in [1.82, 2.24) is 10.3 Å². The number of nitrogens with one attached hydrogen (secondary N) is 3. The van der Waals surface area contributed by atoms with Gasteiger partial charge in [0.25, 0.3) is 5.91 Å². The molecule has 0 aliphatic heterocycles. The summed E-state index contributed by atoms with van der Waals surface area (Å²) in [6, 6.07) is 8.93. The number of carbonyl (C=O) groups excluding carboxylic acids is 3. The van der Waals surface area contributed by atoms with Gasteiger partial charge in [0.2, 0.25) is 11.8 Å². The monoisotopic (exact) mass is 806 g/mol. The summed E-state index contributed by atoms with van der Waals surface area (Å²) < 4.78 is 70.9. The second-order valence-corrected chi connectivity index (χ2v) is 13.2. The Bertz CT molecular complexity index is 1970. The van der Waals surface area contributed by atoms with E-state index in [-0.39, 0.29) is 43.6 Å². The van der Waals surface area contributed by atoms with Gasteiger partial charge in [-0.1, -0.05) is 78.7 Å². The molecule has 1 aromatic heterocycles. The van der Waals surface area contributed by atoms with E-state index in [0.717, 1.165) is 49.9 Å². The molecule has 5 rings (SSSR count).